The minimum absolute atomic E-state index is 0.0396. The number of anilines is 1. The van der Waals surface area contributed by atoms with E-state index in [2.05, 4.69) is 37.1 Å². The van der Waals surface area contributed by atoms with Gasteiger partial charge in [0.1, 0.15) is 5.75 Å². The van der Waals surface area contributed by atoms with Gasteiger partial charge in [-0.1, -0.05) is 13.8 Å². The van der Waals surface area contributed by atoms with Gasteiger partial charge < -0.3 is 10.1 Å². The summed E-state index contributed by atoms with van der Waals surface area (Å²) in [5.41, 5.74) is 6.35. The van der Waals surface area contributed by atoms with Crippen molar-refractivity contribution >= 4 is 22.4 Å². The van der Waals surface area contributed by atoms with Crippen molar-refractivity contribution in [1.82, 2.24) is 4.98 Å². The predicted octanol–water partition coefficient (Wildman–Crippen LogP) is 5.24. The molecule has 27 heavy (non-hydrogen) atoms. The Bertz CT molecular complexity index is 828. The van der Waals surface area contributed by atoms with Gasteiger partial charge in [-0.2, -0.15) is 0 Å². The van der Waals surface area contributed by atoms with E-state index in [4.69, 9.17) is 4.74 Å². The number of rotatable bonds is 6. The van der Waals surface area contributed by atoms with Gasteiger partial charge in [-0.25, -0.2) is 4.98 Å². The van der Waals surface area contributed by atoms with Crippen LogP contribution in [0.15, 0.2) is 11.4 Å². The van der Waals surface area contributed by atoms with E-state index < -0.39 is 0 Å². The molecule has 4 nitrogen and oxygen atoms in total. The van der Waals surface area contributed by atoms with Crippen LogP contribution in [-0.4, -0.2) is 17.5 Å². The summed E-state index contributed by atoms with van der Waals surface area (Å²) in [4.78, 5) is 17.1. The van der Waals surface area contributed by atoms with Crippen molar-refractivity contribution in [3.63, 3.8) is 0 Å². The van der Waals surface area contributed by atoms with Gasteiger partial charge in [0.05, 0.1) is 12.3 Å². The van der Waals surface area contributed by atoms with E-state index in [0.29, 0.717) is 11.0 Å². The van der Waals surface area contributed by atoms with Gasteiger partial charge in [-0.05, 0) is 80.7 Å². The number of ether oxygens (including phenoxy) is 1. The highest BCUT2D eigenvalue weighted by atomic mass is 32.1. The lowest BCUT2D eigenvalue weighted by atomic mass is 9.75. The number of fused-ring (bicyclic) bond motifs is 1. The van der Waals surface area contributed by atoms with Crippen LogP contribution in [-0.2, 0) is 17.6 Å². The zero-order valence-electron chi connectivity index (χ0n) is 17.0. The number of amides is 1. The van der Waals surface area contributed by atoms with Crippen molar-refractivity contribution in [3.8, 4) is 5.75 Å². The molecule has 5 heteroatoms. The smallest absolute Gasteiger partial charge is 0.229 e. The van der Waals surface area contributed by atoms with Crippen LogP contribution >= 0.6 is 11.3 Å². The van der Waals surface area contributed by atoms with Crippen LogP contribution in [0.4, 0.5) is 5.13 Å². The van der Waals surface area contributed by atoms with E-state index in [-0.39, 0.29) is 11.8 Å². The second-order valence-corrected chi connectivity index (χ2v) is 8.56. The first kappa shape index (κ1) is 19.9. The number of hydrogen-bond acceptors (Lipinski definition) is 4. The molecule has 0 aliphatic heterocycles. The number of nitrogens with zero attached hydrogens (tertiary/aromatic N) is 1. The van der Waals surface area contributed by atoms with Crippen LogP contribution in [0, 0.1) is 32.6 Å². The Balaban J connectivity index is 1.76. The fraction of sp³-hybridized carbons (Fsp3) is 0.545. The monoisotopic (exact) mass is 386 g/mol. The van der Waals surface area contributed by atoms with E-state index in [0.717, 1.165) is 43.7 Å². The Hall–Kier alpha value is -1.88. The summed E-state index contributed by atoms with van der Waals surface area (Å²) in [5, 5.41) is 5.65. The molecule has 2 aromatic rings. The van der Waals surface area contributed by atoms with E-state index in [1.54, 1.807) is 0 Å². The third kappa shape index (κ3) is 4.34. The highest BCUT2D eigenvalue weighted by Gasteiger charge is 2.30. The fourth-order valence-electron chi connectivity index (χ4n) is 3.96. The summed E-state index contributed by atoms with van der Waals surface area (Å²) in [7, 11) is 0. The molecule has 0 radical (unpaired) electrons. The van der Waals surface area contributed by atoms with Crippen molar-refractivity contribution in [3.05, 3.63) is 39.4 Å². The molecule has 0 saturated heterocycles. The summed E-state index contributed by atoms with van der Waals surface area (Å²) in [6.45, 7) is 11.2. The normalized spacial score (nSPS) is 17.3. The Morgan fingerprint density at radius 1 is 1.37 bits per heavy atom. The van der Waals surface area contributed by atoms with E-state index in [1.807, 2.05) is 19.2 Å². The Kier molecular flexibility index (Phi) is 6.20. The third-order valence-electron chi connectivity index (χ3n) is 5.67. The SMILES string of the molecule is CCCOc1cc(C)c2c(c1C)CC([C@H](C)C(=O)Nc1nc(C)cs1)CC2. The maximum absolute atomic E-state index is 12.7. The van der Waals surface area contributed by atoms with E-state index in [9.17, 15) is 4.79 Å². The molecule has 1 amide bonds. The largest absolute Gasteiger partial charge is 0.493 e. The number of aryl methyl sites for hydroxylation is 2. The highest BCUT2D eigenvalue weighted by molar-refractivity contribution is 7.13. The van der Waals surface area contributed by atoms with Gasteiger partial charge >= 0.3 is 0 Å². The molecule has 1 aromatic carbocycles. The van der Waals surface area contributed by atoms with Crippen LogP contribution in [0.5, 0.6) is 5.75 Å². The summed E-state index contributed by atoms with van der Waals surface area (Å²) >= 11 is 1.48. The number of benzene rings is 1. The number of hydrogen-bond donors (Lipinski definition) is 1. The quantitative estimate of drug-likeness (QED) is 0.739. The van der Waals surface area contributed by atoms with Crippen molar-refractivity contribution in [2.75, 3.05) is 11.9 Å². The first-order valence-electron chi connectivity index (χ1n) is 9.88. The van der Waals surface area contributed by atoms with Gasteiger partial charge in [0.2, 0.25) is 5.91 Å². The maximum Gasteiger partial charge on any atom is 0.229 e. The number of aromatic nitrogens is 1. The molecule has 3 rings (SSSR count). The van der Waals surface area contributed by atoms with Crippen molar-refractivity contribution < 1.29 is 9.53 Å². The summed E-state index contributed by atoms with van der Waals surface area (Å²) in [6, 6.07) is 2.19. The Morgan fingerprint density at radius 2 is 2.15 bits per heavy atom. The minimum Gasteiger partial charge on any atom is -0.493 e. The molecule has 1 unspecified atom stereocenters. The van der Waals surface area contributed by atoms with Crippen LogP contribution in [0.1, 0.15) is 54.6 Å². The molecule has 1 N–H and O–H groups in total. The van der Waals surface area contributed by atoms with Gasteiger partial charge in [0.15, 0.2) is 5.13 Å². The fourth-order valence-corrected chi connectivity index (χ4v) is 4.65. The van der Waals surface area contributed by atoms with Gasteiger partial charge in [0.25, 0.3) is 0 Å². The van der Waals surface area contributed by atoms with Crippen LogP contribution in [0.25, 0.3) is 0 Å². The zero-order valence-corrected chi connectivity index (χ0v) is 17.8. The van der Waals surface area contributed by atoms with E-state index >= 15 is 0 Å². The summed E-state index contributed by atoms with van der Waals surface area (Å²) < 4.78 is 5.97. The molecule has 0 spiro atoms. The topological polar surface area (TPSA) is 51.2 Å². The predicted molar refractivity (Wildman–Crippen MR) is 112 cm³/mol. The lowest BCUT2D eigenvalue weighted by Crippen LogP contribution is -2.31. The standard InChI is InChI=1S/C22H30N2O2S/c1-6-9-26-20-10-13(2)18-8-7-17(11-19(18)16(20)5)15(4)21(25)24-22-23-14(3)12-27-22/h10,12,15,17H,6-9,11H2,1-5H3,(H,23,24,25)/t15-,17?/m0/s1. The Morgan fingerprint density at radius 3 is 2.81 bits per heavy atom. The van der Waals surface area contributed by atoms with Crippen LogP contribution < -0.4 is 10.1 Å². The van der Waals surface area contributed by atoms with Gasteiger partial charge in [0, 0.05) is 11.3 Å². The lowest BCUT2D eigenvalue weighted by Gasteiger charge is -2.31. The molecule has 1 aliphatic rings. The van der Waals surface area contributed by atoms with Crippen molar-refractivity contribution in [1.29, 1.82) is 0 Å². The molecule has 0 fully saturated rings. The third-order valence-corrected chi connectivity index (χ3v) is 6.55. The second-order valence-electron chi connectivity index (χ2n) is 7.70. The molecule has 0 bridgehead atoms. The Labute approximate surface area is 166 Å². The van der Waals surface area contributed by atoms with Crippen LogP contribution in [0.2, 0.25) is 0 Å². The number of carbonyl (C=O) groups excluding carboxylic acids is 1. The molecular formula is C22H30N2O2S. The summed E-state index contributed by atoms with van der Waals surface area (Å²) in [5.74, 6) is 1.38. The maximum atomic E-state index is 12.7. The molecular weight excluding hydrogens is 356 g/mol. The van der Waals surface area contributed by atoms with Crippen LogP contribution in [0.3, 0.4) is 0 Å². The molecule has 1 heterocycles. The molecule has 1 aromatic heterocycles. The lowest BCUT2D eigenvalue weighted by molar-refractivity contribution is -0.121. The zero-order chi connectivity index (χ0) is 19.6. The molecule has 1 aliphatic carbocycles. The van der Waals surface area contributed by atoms with Gasteiger partial charge in [-0.15, -0.1) is 11.3 Å². The molecule has 2 atom stereocenters. The average molecular weight is 387 g/mol. The highest BCUT2D eigenvalue weighted by Crippen LogP contribution is 2.38. The van der Waals surface area contributed by atoms with E-state index in [1.165, 1.54) is 33.6 Å². The first-order valence-corrected chi connectivity index (χ1v) is 10.8. The number of carbonyl (C=O) groups is 1. The van der Waals surface area contributed by atoms with Crippen molar-refractivity contribution in [2.24, 2.45) is 11.8 Å². The first-order chi connectivity index (χ1) is 12.9. The number of thiazole rings is 1. The average Bonchev–Trinajstić information content (AvgIpc) is 3.07. The second kappa shape index (κ2) is 8.42. The molecule has 146 valence electrons. The van der Waals surface area contributed by atoms with Gasteiger partial charge in [-0.3, -0.25) is 4.79 Å². The molecule has 0 saturated carbocycles. The minimum atomic E-state index is -0.0396. The number of nitrogens with one attached hydrogen (secondary N) is 1. The summed E-state index contributed by atoms with van der Waals surface area (Å²) in [6.07, 6.45) is 4.03. The van der Waals surface area contributed by atoms with Crippen molar-refractivity contribution in [2.45, 2.75) is 60.3 Å².